The van der Waals surface area contributed by atoms with Crippen LogP contribution >= 0.6 is 11.8 Å². The maximum absolute atomic E-state index is 11.1. The number of fused-ring (bicyclic) bond motifs is 1. The molecule has 3 rings (SSSR count). The molecular weight excluding hydrogens is 328 g/mol. The number of benzene rings is 1. The molecule has 0 radical (unpaired) electrons. The Morgan fingerprint density at radius 2 is 2.17 bits per heavy atom. The fourth-order valence-corrected chi connectivity index (χ4v) is 3.15. The monoisotopic (exact) mass is 340 g/mol. The van der Waals surface area contributed by atoms with Crippen LogP contribution < -0.4 is 0 Å². The third-order valence-corrected chi connectivity index (χ3v) is 4.39. The molecule has 2 aromatic rings. The molecule has 1 aliphatic rings. The van der Waals surface area contributed by atoms with Crippen LogP contribution in [0.4, 0.5) is 5.69 Å². The normalized spacial score (nSPS) is 16.7. The van der Waals surface area contributed by atoms with Gasteiger partial charge in [-0.15, -0.1) is 11.8 Å². The number of carboxylic acid groups (broad SMARTS) is 1. The summed E-state index contributed by atoms with van der Waals surface area (Å²) in [5.74, 6) is -1.03. The van der Waals surface area contributed by atoms with E-state index >= 15 is 0 Å². The lowest BCUT2D eigenvalue weighted by Crippen LogP contribution is -2.11. The van der Waals surface area contributed by atoms with Crippen LogP contribution in [0.25, 0.3) is 11.0 Å². The van der Waals surface area contributed by atoms with Gasteiger partial charge in [0.2, 0.25) is 6.29 Å². The maximum atomic E-state index is 11.1. The largest absolute Gasteiger partial charge is 0.480 e. The SMILES string of the molecule is CC(Sc1cc([N+](=O)[O-])cc2onc(C3OCCO3)c12)C(=O)O. The standard InChI is InChI=1S/C13H12N2O7S/c1-6(12(16)17)23-9-5-7(15(18)19)4-8-10(9)11(14-22-8)13-20-2-3-21-13/h4-6,13H,2-3H2,1H3,(H,16,17). The van der Waals surface area contributed by atoms with Gasteiger partial charge in [0, 0.05) is 11.0 Å². The molecular formula is C13H12N2O7S. The van der Waals surface area contributed by atoms with Gasteiger partial charge < -0.3 is 19.1 Å². The lowest BCUT2D eigenvalue weighted by Gasteiger charge is -2.10. The average molecular weight is 340 g/mol. The van der Waals surface area contributed by atoms with Crippen molar-refractivity contribution >= 4 is 34.4 Å². The van der Waals surface area contributed by atoms with Crippen molar-refractivity contribution in [1.82, 2.24) is 5.16 Å². The van der Waals surface area contributed by atoms with Crippen molar-refractivity contribution in [2.24, 2.45) is 0 Å². The third kappa shape index (κ3) is 3.00. The number of hydrogen-bond donors (Lipinski definition) is 1. The zero-order chi connectivity index (χ0) is 16.6. The van der Waals surface area contributed by atoms with Gasteiger partial charge in [-0.1, -0.05) is 5.16 Å². The molecule has 122 valence electrons. The van der Waals surface area contributed by atoms with E-state index < -0.39 is 22.4 Å². The van der Waals surface area contributed by atoms with Gasteiger partial charge in [-0.2, -0.15) is 0 Å². The van der Waals surface area contributed by atoms with Crippen LogP contribution in [0.5, 0.6) is 0 Å². The topological polar surface area (TPSA) is 125 Å². The van der Waals surface area contributed by atoms with Gasteiger partial charge in [0.25, 0.3) is 5.69 Å². The summed E-state index contributed by atoms with van der Waals surface area (Å²) in [6.45, 7) is 2.30. The molecule has 0 amide bonds. The number of non-ortho nitro benzene ring substituents is 1. The molecule has 10 heteroatoms. The summed E-state index contributed by atoms with van der Waals surface area (Å²) in [6.07, 6.45) is -0.725. The van der Waals surface area contributed by atoms with E-state index in [1.165, 1.54) is 19.1 Å². The number of carbonyl (C=O) groups is 1. The summed E-state index contributed by atoms with van der Waals surface area (Å²) in [6, 6.07) is 2.55. The maximum Gasteiger partial charge on any atom is 0.316 e. The zero-order valence-electron chi connectivity index (χ0n) is 11.9. The molecule has 0 saturated carbocycles. The van der Waals surface area contributed by atoms with E-state index in [0.717, 1.165) is 11.8 Å². The minimum Gasteiger partial charge on any atom is -0.480 e. The highest BCUT2D eigenvalue weighted by molar-refractivity contribution is 8.00. The summed E-state index contributed by atoms with van der Waals surface area (Å²) < 4.78 is 15.9. The van der Waals surface area contributed by atoms with Gasteiger partial charge in [0.1, 0.15) is 10.9 Å². The van der Waals surface area contributed by atoms with E-state index in [9.17, 15) is 14.9 Å². The number of thioether (sulfide) groups is 1. The highest BCUT2D eigenvalue weighted by Crippen LogP contribution is 2.39. The van der Waals surface area contributed by atoms with E-state index in [0.29, 0.717) is 29.2 Å². The Bertz CT molecular complexity index is 769. The number of nitro benzene ring substituents is 1. The van der Waals surface area contributed by atoms with E-state index in [2.05, 4.69) is 5.16 Å². The van der Waals surface area contributed by atoms with E-state index in [4.69, 9.17) is 19.1 Å². The van der Waals surface area contributed by atoms with E-state index in [1.807, 2.05) is 0 Å². The molecule has 0 bridgehead atoms. The predicted molar refractivity (Wildman–Crippen MR) is 78.3 cm³/mol. The Labute approximate surface area is 133 Å². The molecule has 0 spiro atoms. The van der Waals surface area contributed by atoms with Gasteiger partial charge >= 0.3 is 5.97 Å². The molecule has 1 atom stereocenters. The third-order valence-electron chi connectivity index (χ3n) is 3.26. The first-order valence-electron chi connectivity index (χ1n) is 6.67. The number of ether oxygens (including phenoxy) is 2. The molecule has 1 fully saturated rings. The second-order valence-corrected chi connectivity index (χ2v) is 6.20. The Hall–Kier alpha value is -2.17. The number of aromatic nitrogens is 1. The fourth-order valence-electron chi connectivity index (χ4n) is 2.16. The Balaban J connectivity index is 2.13. The molecule has 1 saturated heterocycles. The Morgan fingerprint density at radius 3 is 2.78 bits per heavy atom. The van der Waals surface area contributed by atoms with Crippen LogP contribution in [-0.2, 0) is 14.3 Å². The molecule has 1 aromatic carbocycles. The Kier molecular flexibility index (Phi) is 4.20. The Morgan fingerprint density at radius 1 is 1.48 bits per heavy atom. The van der Waals surface area contributed by atoms with Gasteiger partial charge in [-0.3, -0.25) is 14.9 Å². The van der Waals surface area contributed by atoms with Crippen LogP contribution in [0.1, 0.15) is 18.9 Å². The smallest absolute Gasteiger partial charge is 0.316 e. The van der Waals surface area contributed by atoms with Crippen LogP contribution in [0.3, 0.4) is 0 Å². The molecule has 2 heterocycles. The molecule has 1 aliphatic heterocycles. The van der Waals surface area contributed by atoms with Crippen molar-refractivity contribution in [3.8, 4) is 0 Å². The first-order chi connectivity index (χ1) is 11.0. The molecule has 23 heavy (non-hydrogen) atoms. The number of rotatable bonds is 5. The molecule has 0 aliphatic carbocycles. The van der Waals surface area contributed by atoms with Gasteiger partial charge in [0.15, 0.2) is 5.58 Å². The van der Waals surface area contributed by atoms with Crippen LogP contribution in [-0.4, -0.2) is 39.6 Å². The van der Waals surface area contributed by atoms with E-state index in [-0.39, 0.29) is 11.3 Å². The van der Waals surface area contributed by atoms with Crippen molar-refractivity contribution in [3.05, 3.63) is 27.9 Å². The van der Waals surface area contributed by atoms with Gasteiger partial charge in [0.05, 0.1) is 29.6 Å². The van der Waals surface area contributed by atoms with Crippen LogP contribution in [0.15, 0.2) is 21.6 Å². The zero-order valence-corrected chi connectivity index (χ0v) is 12.7. The second kappa shape index (κ2) is 6.14. The first-order valence-corrected chi connectivity index (χ1v) is 7.55. The average Bonchev–Trinajstić information content (AvgIpc) is 3.15. The van der Waals surface area contributed by atoms with Crippen molar-refractivity contribution in [3.63, 3.8) is 0 Å². The fraction of sp³-hybridized carbons (Fsp3) is 0.385. The van der Waals surface area contributed by atoms with Crippen molar-refractivity contribution in [2.75, 3.05) is 13.2 Å². The van der Waals surface area contributed by atoms with Crippen molar-refractivity contribution in [1.29, 1.82) is 0 Å². The summed E-state index contributed by atoms with van der Waals surface area (Å²) in [5.41, 5.74) is 0.342. The van der Waals surface area contributed by atoms with Crippen LogP contribution in [0.2, 0.25) is 0 Å². The van der Waals surface area contributed by atoms with Gasteiger partial charge in [-0.25, -0.2) is 0 Å². The van der Waals surface area contributed by atoms with Crippen molar-refractivity contribution < 1.29 is 28.8 Å². The molecule has 9 nitrogen and oxygen atoms in total. The van der Waals surface area contributed by atoms with Crippen LogP contribution in [0, 0.1) is 10.1 Å². The quantitative estimate of drug-likeness (QED) is 0.496. The minimum atomic E-state index is -1.03. The highest BCUT2D eigenvalue weighted by Gasteiger charge is 2.29. The minimum absolute atomic E-state index is 0.188. The number of nitro groups is 1. The molecule has 1 unspecified atom stereocenters. The predicted octanol–water partition coefficient (Wildman–Crippen LogP) is 2.35. The van der Waals surface area contributed by atoms with Crippen molar-refractivity contribution in [2.45, 2.75) is 23.4 Å². The summed E-state index contributed by atoms with van der Waals surface area (Å²) >= 11 is 0.975. The molecule has 1 aromatic heterocycles. The number of aliphatic carboxylic acids is 1. The number of nitrogens with zero attached hydrogens (tertiary/aromatic N) is 2. The summed E-state index contributed by atoms with van der Waals surface area (Å²) in [4.78, 5) is 22.0. The number of carboxylic acids is 1. The second-order valence-electron chi connectivity index (χ2n) is 4.81. The highest BCUT2D eigenvalue weighted by atomic mass is 32.2. The first kappa shape index (κ1) is 15.7. The van der Waals surface area contributed by atoms with E-state index in [1.54, 1.807) is 0 Å². The lowest BCUT2D eigenvalue weighted by atomic mass is 10.2. The summed E-state index contributed by atoms with van der Waals surface area (Å²) in [5, 5.41) is 23.7. The summed E-state index contributed by atoms with van der Waals surface area (Å²) in [7, 11) is 0. The molecule has 1 N–H and O–H groups in total. The number of hydrogen-bond acceptors (Lipinski definition) is 8. The lowest BCUT2D eigenvalue weighted by molar-refractivity contribution is -0.385. The van der Waals surface area contributed by atoms with Gasteiger partial charge in [-0.05, 0) is 6.92 Å².